The molecule has 2 atom stereocenters. The normalized spacial score (nSPS) is 13.9. The molecule has 0 bridgehead atoms. The van der Waals surface area contributed by atoms with Crippen LogP contribution in [0.2, 0.25) is 0 Å². The average Bonchev–Trinajstić information content (AvgIpc) is 2.91. The Morgan fingerprint density at radius 3 is 2.71 bits per heavy atom. The van der Waals surface area contributed by atoms with E-state index in [0.29, 0.717) is 18.2 Å². The summed E-state index contributed by atoms with van der Waals surface area (Å²) in [5.74, 6) is 1.53. The van der Waals surface area contributed by atoms with Crippen LogP contribution in [0.25, 0.3) is 0 Å². The molecule has 2 aromatic rings. The highest BCUT2D eigenvalue weighted by Crippen LogP contribution is 2.13. The third-order valence-electron chi connectivity index (χ3n) is 2.93. The van der Waals surface area contributed by atoms with Crippen LogP contribution in [0.3, 0.4) is 0 Å². The number of nitrogens with one attached hydrogen (secondary N) is 1. The van der Waals surface area contributed by atoms with Crippen molar-refractivity contribution >= 4 is 0 Å². The number of aliphatic hydroxyl groups is 1. The van der Waals surface area contributed by atoms with Gasteiger partial charge in [0.25, 0.3) is 0 Å². The summed E-state index contributed by atoms with van der Waals surface area (Å²) in [7, 11) is 0. The lowest BCUT2D eigenvalue weighted by atomic mass is 10.3. The predicted molar refractivity (Wildman–Crippen MR) is 75.6 cm³/mol. The van der Waals surface area contributed by atoms with Crippen LogP contribution in [0.1, 0.15) is 24.6 Å². The van der Waals surface area contributed by atoms with Gasteiger partial charge >= 0.3 is 0 Å². The smallest absolute Gasteiger partial charge is 0.211 e. The van der Waals surface area contributed by atoms with Crippen LogP contribution in [-0.2, 0) is 0 Å². The summed E-state index contributed by atoms with van der Waals surface area (Å²) in [6.45, 7) is 4.19. The summed E-state index contributed by atoms with van der Waals surface area (Å²) in [6, 6.07) is 5.57. The van der Waals surface area contributed by atoms with Crippen molar-refractivity contribution in [3.63, 3.8) is 0 Å². The molecule has 0 amide bonds. The summed E-state index contributed by atoms with van der Waals surface area (Å²) in [6.07, 6.45) is 0.968. The Morgan fingerprint density at radius 2 is 2.10 bits per heavy atom. The van der Waals surface area contributed by atoms with Gasteiger partial charge in [0.15, 0.2) is 0 Å². The number of ether oxygens (including phenoxy) is 1. The molecule has 114 valence electrons. The molecule has 2 unspecified atom stereocenters. The minimum Gasteiger partial charge on any atom is -0.491 e. The molecule has 1 aromatic carbocycles. The molecule has 6 heteroatoms. The van der Waals surface area contributed by atoms with E-state index in [4.69, 9.17) is 9.15 Å². The quantitative estimate of drug-likeness (QED) is 0.819. The lowest BCUT2D eigenvalue weighted by Gasteiger charge is -2.15. The Bertz CT molecular complexity index is 556. The summed E-state index contributed by atoms with van der Waals surface area (Å²) in [5.41, 5.74) is 0. The number of aliphatic hydroxyl groups excluding tert-OH is 1. The lowest BCUT2D eigenvalue weighted by Crippen LogP contribution is -2.33. The highest BCUT2D eigenvalue weighted by molar-refractivity contribution is 5.22. The molecule has 2 rings (SSSR count). The molecule has 0 radical (unpaired) electrons. The topological polar surface area (TPSA) is 67.5 Å². The van der Waals surface area contributed by atoms with Gasteiger partial charge < -0.3 is 19.6 Å². The van der Waals surface area contributed by atoms with E-state index in [1.807, 2.05) is 13.8 Å². The van der Waals surface area contributed by atoms with E-state index in [9.17, 15) is 9.50 Å². The first-order valence-corrected chi connectivity index (χ1v) is 6.76. The Labute approximate surface area is 122 Å². The third kappa shape index (κ3) is 4.84. The Hall–Kier alpha value is -1.92. The zero-order valence-electron chi connectivity index (χ0n) is 12.0. The highest BCUT2D eigenvalue weighted by Gasteiger charge is 2.13. The van der Waals surface area contributed by atoms with Crippen LogP contribution in [0.4, 0.5) is 4.39 Å². The van der Waals surface area contributed by atoms with Crippen molar-refractivity contribution in [2.24, 2.45) is 0 Å². The van der Waals surface area contributed by atoms with Crippen LogP contribution in [-0.4, -0.2) is 29.3 Å². The second kappa shape index (κ2) is 7.19. The average molecular weight is 294 g/mol. The van der Waals surface area contributed by atoms with Crippen molar-refractivity contribution in [1.29, 1.82) is 0 Å². The molecule has 0 aliphatic heterocycles. The monoisotopic (exact) mass is 294 g/mol. The zero-order chi connectivity index (χ0) is 15.2. The number of aryl methyl sites for hydroxylation is 1. The van der Waals surface area contributed by atoms with Gasteiger partial charge in [-0.2, -0.15) is 0 Å². The maximum Gasteiger partial charge on any atom is 0.211 e. The maximum atomic E-state index is 12.7. The number of benzene rings is 1. The van der Waals surface area contributed by atoms with Crippen LogP contribution in [0, 0.1) is 12.7 Å². The molecule has 0 aliphatic rings. The van der Waals surface area contributed by atoms with Crippen LogP contribution < -0.4 is 10.1 Å². The second-order valence-corrected chi connectivity index (χ2v) is 4.86. The van der Waals surface area contributed by atoms with Gasteiger partial charge in [0.05, 0.1) is 12.2 Å². The lowest BCUT2D eigenvalue weighted by molar-refractivity contribution is 0.103. The number of nitrogens with zero attached hydrogens (tertiary/aromatic N) is 1. The third-order valence-corrected chi connectivity index (χ3v) is 2.93. The van der Waals surface area contributed by atoms with Crippen molar-refractivity contribution < 1.29 is 18.7 Å². The maximum absolute atomic E-state index is 12.7. The first-order chi connectivity index (χ1) is 10.0. The molecule has 21 heavy (non-hydrogen) atoms. The van der Waals surface area contributed by atoms with E-state index >= 15 is 0 Å². The van der Waals surface area contributed by atoms with Gasteiger partial charge in [-0.25, -0.2) is 9.37 Å². The fourth-order valence-corrected chi connectivity index (χ4v) is 1.75. The van der Waals surface area contributed by atoms with Crippen LogP contribution >= 0.6 is 0 Å². The minimum absolute atomic E-state index is 0.0980. The van der Waals surface area contributed by atoms with Crippen LogP contribution in [0.5, 0.6) is 5.75 Å². The molecule has 2 N–H and O–H groups in total. The fourth-order valence-electron chi connectivity index (χ4n) is 1.75. The number of hydrogen-bond donors (Lipinski definition) is 2. The molecule has 1 aromatic heterocycles. The number of halogens is 1. The fraction of sp³-hybridized carbons (Fsp3) is 0.400. The van der Waals surface area contributed by atoms with E-state index in [-0.39, 0.29) is 18.5 Å². The second-order valence-electron chi connectivity index (χ2n) is 4.86. The van der Waals surface area contributed by atoms with Gasteiger partial charge in [-0.3, -0.25) is 0 Å². The van der Waals surface area contributed by atoms with E-state index in [0.717, 1.165) is 5.76 Å². The molecule has 0 saturated carbocycles. The summed E-state index contributed by atoms with van der Waals surface area (Å²) in [4.78, 5) is 4.12. The number of hydrogen-bond acceptors (Lipinski definition) is 5. The predicted octanol–water partition coefficient (Wildman–Crippen LogP) is 2.21. The Balaban J connectivity index is 1.72. The van der Waals surface area contributed by atoms with Crippen LogP contribution in [0.15, 0.2) is 34.9 Å². The molecule has 0 fully saturated rings. The molecular weight excluding hydrogens is 275 g/mol. The van der Waals surface area contributed by atoms with Gasteiger partial charge in [-0.05, 0) is 38.1 Å². The molecule has 0 aliphatic carbocycles. The summed E-state index contributed by atoms with van der Waals surface area (Å²) in [5, 5.41) is 13.0. The molecule has 0 saturated heterocycles. The summed E-state index contributed by atoms with van der Waals surface area (Å²) >= 11 is 0. The van der Waals surface area contributed by atoms with Crippen molar-refractivity contribution in [3.05, 3.63) is 47.9 Å². The molecule has 5 nitrogen and oxygen atoms in total. The number of rotatable bonds is 7. The van der Waals surface area contributed by atoms with Gasteiger partial charge in [-0.15, -0.1) is 0 Å². The van der Waals surface area contributed by atoms with Gasteiger partial charge in [0.2, 0.25) is 5.89 Å². The van der Waals surface area contributed by atoms with Gasteiger partial charge in [0, 0.05) is 6.54 Å². The van der Waals surface area contributed by atoms with Crippen molar-refractivity contribution in [2.75, 3.05) is 13.2 Å². The highest BCUT2D eigenvalue weighted by atomic mass is 19.1. The van der Waals surface area contributed by atoms with E-state index < -0.39 is 6.10 Å². The molecule has 1 heterocycles. The zero-order valence-corrected chi connectivity index (χ0v) is 12.0. The van der Waals surface area contributed by atoms with E-state index in [2.05, 4.69) is 10.3 Å². The van der Waals surface area contributed by atoms with Crippen molar-refractivity contribution in [3.8, 4) is 5.75 Å². The number of aromatic nitrogens is 1. The standard InChI is InChI=1S/C15H19FN2O3/c1-10-7-18-15(21-10)11(2)17-8-13(19)9-20-14-5-3-12(16)4-6-14/h3-7,11,13,17,19H,8-9H2,1-2H3. The Morgan fingerprint density at radius 1 is 1.38 bits per heavy atom. The molecule has 0 spiro atoms. The Kier molecular flexibility index (Phi) is 5.30. The van der Waals surface area contributed by atoms with Crippen molar-refractivity contribution in [2.45, 2.75) is 26.0 Å². The minimum atomic E-state index is -0.687. The van der Waals surface area contributed by atoms with E-state index in [1.165, 1.54) is 24.3 Å². The first-order valence-electron chi connectivity index (χ1n) is 6.76. The van der Waals surface area contributed by atoms with E-state index in [1.54, 1.807) is 6.20 Å². The largest absolute Gasteiger partial charge is 0.491 e. The first kappa shape index (κ1) is 15.5. The SMILES string of the molecule is Cc1cnc(C(C)NCC(O)COc2ccc(F)cc2)o1. The van der Waals surface area contributed by atoms with Gasteiger partial charge in [0.1, 0.15) is 30.0 Å². The van der Waals surface area contributed by atoms with Gasteiger partial charge in [-0.1, -0.05) is 0 Å². The number of oxazole rings is 1. The summed E-state index contributed by atoms with van der Waals surface area (Å²) < 4.78 is 23.5. The van der Waals surface area contributed by atoms with Crippen molar-refractivity contribution in [1.82, 2.24) is 10.3 Å². The molecular formula is C15H19FN2O3.